The summed E-state index contributed by atoms with van der Waals surface area (Å²) in [5, 5.41) is 15.1. The van der Waals surface area contributed by atoms with Crippen molar-refractivity contribution in [3.63, 3.8) is 0 Å². The lowest BCUT2D eigenvalue weighted by molar-refractivity contribution is -0.109. The number of aryl methyl sites for hydroxylation is 1. The van der Waals surface area contributed by atoms with E-state index in [9.17, 15) is 14.9 Å². The van der Waals surface area contributed by atoms with Gasteiger partial charge in [-0.3, -0.25) is 9.59 Å². The van der Waals surface area contributed by atoms with Gasteiger partial charge in [0.1, 0.15) is 17.6 Å². The molecule has 0 saturated carbocycles. The summed E-state index contributed by atoms with van der Waals surface area (Å²) >= 11 is 0. The van der Waals surface area contributed by atoms with Crippen LogP contribution in [0.2, 0.25) is 0 Å². The lowest BCUT2D eigenvalue weighted by Gasteiger charge is -2.19. The van der Waals surface area contributed by atoms with Crippen LogP contribution in [0.4, 0.5) is 0 Å². The molecule has 2 N–H and O–H groups in total. The minimum absolute atomic E-state index is 0.0558. The molecule has 3 aromatic rings. The van der Waals surface area contributed by atoms with Gasteiger partial charge in [-0.2, -0.15) is 5.26 Å². The van der Waals surface area contributed by atoms with Crippen LogP contribution in [0.1, 0.15) is 61.9 Å². The summed E-state index contributed by atoms with van der Waals surface area (Å²) in [6, 6.07) is 14.6. The van der Waals surface area contributed by atoms with Gasteiger partial charge in [-0.25, -0.2) is 4.98 Å². The molecule has 1 atom stereocenters. The van der Waals surface area contributed by atoms with E-state index >= 15 is 0 Å². The molecular formula is C29H35N5O3. The number of nitrogens with one attached hydrogen (secondary N) is 2. The summed E-state index contributed by atoms with van der Waals surface area (Å²) in [5.74, 6) is 1.12. The summed E-state index contributed by atoms with van der Waals surface area (Å²) in [7, 11) is 2.00. The molecule has 37 heavy (non-hydrogen) atoms. The van der Waals surface area contributed by atoms with Gasteiger partial charge in [0.15, 0.2) is 0 Å². The summed E-state index contributed by atoms with van der Waals surface area (Å²) in [6.07, 6.45) is 3.07. The maximum Gasteiger partial charge on any atom is 0.251 e. The van der Waals surface area contributed by atoms with Crippen molar-refractivity contribution in [2.24, 2.45) is 7.05 Å². The van der Waals surface area contributed by atoms with E-state index in [-0.39, 0.29) is 30.0 Å². The van der Waals surface area contributed by atoms with Crippen molar-refractivity contribution in [1.82, 2.24) is 20.2 Å². The molecule has 1 heterocycles. The first-order valence-corrected chi connectivity index (χ1v) is 12.3. The Labute approximate surface area is 218 Å². The Bertz CT molecular complexity index is 1280. The number of hydrogen-bond donors (Lipinski definition) is 2. The predicted octanol–water partition coefficient (Wildman–Crippen LogP) is 4.13. The molecule has 8 nitrogen and oxygen atoms in total. The maximum absolute atomic E-state index is 13.0. The fraction of sp³-hybridized carbons (Fsp3) is 0.379. The highest BCUT2D eigenvalue weighted by Crippen LogP contribution is 2.26. The molecule has 0 saturated heterocycles. The number of imidazole rings is 1. The van der Waals surface area contributed by atoms with Crippen LogP contribution in [-0.4, -0.2) is 40.6 Å². The largest absolute Gasteiger partial charge is 0.490 e. The molecule has 0 aliphatic carbocycles. The number of nitrogens with zero attached hydrogens (tertiary/aromatic N) is 3. The van der Waals surface area contributed by atoms with E-state index in [1.807, 2.05) is 51.4 Å². The Kier molecular flexibility index (Phi) is 8.72. The number of benzene rings is 2. The average Bonchev–Trinajstić information content (AvgIpc) is 3.25. The van der Waals surface area contributed by atoms with Crippen molar-refractivity contribution in [3.05, 3.63) is 71.2 Å². The number of aromatic nitrogens is 2. The Hall–Kier alpha value is -4.12. The van der Waals surface area contributed by atoms with E-state index in [2.05, 4.69) is 42.0 Å². The number of carbonyl (C=O) groups excluding carboxylic acids is 2. The van der Waals surface area contributed by atoms with Crippen LogP contribution in [0.5, 0.6) is 5.75 Å². The molecular weight excluding hydrogens is 466 g/mol. The second kappa shape index (κ2) is 11.7. The van der Waals surface area contributed by atoms with E-state index in [1.165, 1.54) is 6.07 Å². The van der Waals surface area contributed by atoms with Crippen LogP contribution in [0.3, 0.4) is 0 Å². The molecule has 0 spiro atoms. The van der Waals surface area contributed by atoms with Crippen LogP contribution >= 0.6 is 0 Å². The third-order valence-corrected chi connectivity index (χ3v) is 5.79. The lowest BCUT2D eigenvalue weighted by Crippen LogP contribution is -2.43. The van der Waals surface area contributed by atoms with Gasteiger partial charge in [0.2, 0.25) is 6.41 Å². The van der Waals surface area contributed by atoms with Gasteiger partial charge in [0.05, 0.1) is 23.4 Å². The Morgan fingerprint density at radius 1 is 1.19 bits per heavy atom. The first-order chi connectivity index (χ1) is 17.5. The van der Waals surface area contributed by atoms with Crippen molar-refractivity contribution < 1.29 is 14.3 Å². The number of amides is 2. The van der Waals surface area contributed by atoms with Gasteiger partial charge in [-0.1, -0.05) is 45.0 Å². The van der Waals surface area contributed by atoms with Gasteiger partial charge in [-0.15, -0.1) is 0 Å². The second-order valence-electron chi connectivity index (χ2n) is 10.4. The second-order valence-corrected chi connectivity index (χ2v) is 10.4. The predicted molar refractivity (Wildman–Crippen MR) is 143 cm³/mol. The summed E-state index contributed by atoms with van der Waals surface area (Å²) in [4.78, 5) is 28.7. The third-order valence-electron chi connectivity index (χ3n) is 5.79. The van der Waals surface area contributed by atoms with E-state index in [4.69, 9.17) is 9.72 Å². The van der Waals surface area contributed by atoms with Gasteiger partial charge in [-0.05, 0) is 44.0 Å². The van der Waals surface area contributed by atoms with E-state index < -0.39 is 0 Å². The highest BCUT2D eigenvalue weighted by Gasteiger charge is 2.21. The summed E-state index contributed by atoms with van der Waals surface area (Å²) in [5.41, 5.74) is 3.51. The summed E-state index contributed by atoms with van der Waals surface area (Å²) < 4.78 is 7.70. The molecule has 0 bridgehead atoms. The summed E-state index contributed by atoms with van der Waals surface area (Å²) in [6.45, 7) is 10.4. The van der Waals surface area contributed by atoms with Crippen molar-refractivity contribution in [1.29, 1.82) is 5.26 Å². The number of ether oxygens (including phenoxy) is 1. The first-order valence-electron chi connectivity index (χ1n) is 12.3. The van der Waals surface area contributed by atoms with E-state index in [0.717, 1.165) is 22.6 Å². The molecule has 8 heteroatoms. The number of carbonyl (C=O) groups is 2. The molecule has 2 amide bonds. The van der Waals surface area contributed by atoms with E-state index in [1.54, 1.807) is 12.1 Å². The third kappa shape index (κ3) is 7.20. The molecule has 0 fully saturated rings. The van der Waals surface area contributed by atoms with Gasteiger partial charge in [0, 0.05) is 36.3 Å². The van der Waals surface area contributed by atoms with Crippen LogP contribution < -0.4 is 15.4 Å². The zero-order chi connectivity index (χ0) is 27.2. The topological polar surface area (TPSA) is 109 Å². The van der Waals surface area contributed by atoms with E-state index in [0.29, 0.717) is 29.7 Å². The number of hydrogen-bond acceptors (Lipinski definition) is 5. The Morgan fingerprint density at radius 3 is 2.46 bits per heavy atom. The van der Waals surface area contributed by atoms with Crippen molar-refractivity contribution in [3.8, 4) is 23.1 Å². The first kappa shape index (κ1) is 27.5. The zero-order valence-corrected chi connectivity index (χ0v) is 22.3. The zero-order valence-electron chi connectivity index (χ0n) is 22.3. The minimum Gasteiger partial charge on any atom is -0.490 e. The Morgan fingerprint density at radius 2 is 1.89 bits per heavy atom. The fourth-order valence-electron chi connectivity index (χ4n) is 4.15. The van der Waals surface area contributed by atoms with Gasteiger partial charge >= 0.3 is 0 Å². The highest BCUT2D eigenvalue weighted by atomic mass is 16.5. The normalized spacial score (nSPS) is 12.1. The van der Waals surface area contributed by atoms with Crippen LogP contribution in [-0.2, 0) is 23.7 Å². The van der Waals surface area contributed by atoms with Crippen LogP contribution in [0.25, 0.3) is 11.3 Å². The quantitative estimate of drug-likeness (QED) is 0.406. The minimum atomic E-state index is -0.344. The maximum atomic E-state index is 13.0. The molecule has 3 rings (SSSR count). The molecule has 0 radical (unpaired) electrons. The van der Waals surface area contributed by atoms with Gasteiger partial charge < -0.3 is 19.9 Å². The SMILES string of the molecule is CC(C)Oc1ccc(C(=O)N[C@H](CNC=O)Cc2ccc(-c3cn(C)c(C(C)(C)C)n3)cc2)cc1C#N. The van der Waals surface area contributed by atoms with Crippen LogP contribution in [0.15, 0.2) is 48.7 Å². The lowest BCUT2D eigenvalue weighted by atomic mass is 9.96. The standard InChI is InChI=1S/C29H35N5O3/c1-19(2)37-26-12-11-22(14-23(26)15-30)27(36)32-24(16-31-18-35)13-20-7-9-21(10-8-20)25-17-34(6)28(33-25)29(3,4)5/h7-12,14,17-19,24H,13,16H2,1-6H3,(H,31,35)(H,32,36)/t24-/m0/s1. The van der Waals surface area contributed by atoms with Gasteiger partial charge in [0.25, 0.3) is 5.91 Å². The van der Waals surface area contributed by atoms with Crippen LogP contribution in [0, 0.1) is 11.3 Å². The molecule has 1 aromatic heterocycles. The highest BCUT2D eigenvalue weighted by molar-refractivity contribution is 5.95. The van der Waals surface area contributed by atoms with Crippen molar-refractivity contribution in [2.45, 2.75) is 58.6 Å². The smallest absolute Gasteiger partial charge is 0.251 e. The monoisotopic (exact) mass is 501 g/mol. The fourth-order valence-corrected chi connectivity index (χ4v) is 4.15. The Balaban J connectivity index is 1.74. The number of rotatable bonds is 10. The molecule has 194 valence electrons. The van der Waals surface area contributed by atoms with Crippen molar-refractivity contribution in [2.75, 3.05) is 6.54 Å². The number of nitriles is 1. The average molecular weight is 502 g/mol. The van der Waals surface area contributed by atoms with Crippen molar-refractivity contribution >= 4 is 12.3 Å². The molecule has 2 aromatic carbocycles. The molecule has 0 unspecified atom stereocenters. The molecule has 0 aliphatic rings. The molecule has 0 aliphatic heterocycles.